The summed E-state index contributed by atoms with van der Waals surface area (Å²) in [6.45, 7) is 0.375. The first kappa shape index (κ1) is 11.9. The number of carboxylic acid groups (broad SMARTS) is 1. The van der Waals surface area contributed by atoms with Crippen LogP contribution in [0.2, 0.25) is 0 Å². The Balaban J connectivity index is 2.48. The highest BCUT2D eigenvalue weighted by Gasteiger charge is 2.12. The molecule has 6 heteroatoms. The quantitative estimate of drug-likeness (QED) is 0.940. The SMILES string of the molecule is COc1cccc2c1nc(Br)n2CCC(=O)O. The number of benzene rings is 1. The first-order chi connectivity index (χ1) is 8.13. The van der Waals surface area contributed by atoms with Crippen LogP contribution in [-0.4, -0.2) is 27.7 Å². The Morgan fingerprint density at radius 1 is 1.59 bits per heavy atom. The van der Waals surface area contributed by atoms with Crippen molar-refractivity contribution in [1.29, 1.82) is 0 Å². The van der Waals surface area contributed by atoms with Gasteiger partial charge in [-0.2, -0.15) is 0 Å². The predicted octanol–water partition coefficient (Wildman–Crippen LogP) is 2.28. The first-order valence-electron chi connectivity index (χ1n) is 5.04. The van der Waals surface area contributed by atoms with E-state index in [1.807, 2.05) is 22.8 Å². The summed E-state index contributed by atoms with van der Waals surface area (Å²) in [6, 6.07) is 5.56. The van der Waals surface area contributed by atoms with Crippen molar-refractivity contribution >= 4 is 32.9 Å². The van der Waals surface area contributed by atoms with E-state index >= 15 is 0 Å². The van der Waals surface area contributed by atoms with E-state index in [0.29, 0.717) is 17.0 Å². The number of aliphatic carboxylic acids is 1. The molecule has 0 saturated heterocycles. The molecular formula is C11H11BrN2O3. The fourth-order valence-electron chi connectivity index (χ4n) is 1.68. The molecule has 1 aromatic carbocycles. The summed E-state index contributed by atoms with van der Waals surface area (Å²) in [5, 5.41) is 8.70. The van der Waals surface area contributed by atoms with Crippen molar-refractivity contribution in [2.45, 2.75) is 13.0 Å². The minimum Gasteiger partial charge on any atom is -0.494 e. The maximum Gasteiger partial charge on any atom is 0.305 e. The lowest BCUT2D eigenvalue weighted by molar-refractivity contribution is -0.137. The van der Waals surface area contributed by atoms with E-state index in [0.717, 1.165) is 11.0 Å². The molecule has 90 valence electrons. The van der Waals surface area contributed by atoms with Crippen LogP contribution in [0.4, 0.5) is 0 Å². The van der Waals surface area contributed by atoms with Crippen LogP contribution in [0.25, 0.3) is 11.0 Å². The van der Waals surface area contributed by atoms with Crippen molar-refractivity contribution in [3.63, 3.8) is 0 Å². The number of para-hydroxylation sites is 1. The van der Waals surface area contributed by atoms with Crippen molar-refractivity contribution in [1.82, 2.24) is 9.55 Å². The Morgan fingerprint density at radius 2 is 2.35 bits per heavy atom. The molecule has 0 atom stereocenters. The maximum atomic E-state index is 10.6. The summed E-state index contributed by atoms with van der Waals surface area (Å²) in [5.41, 5.74) is 1.59. The van der Waals surface area contributed by atoms with Gasteiger partial charge in [-0.15, -0.1) is 0 Å². The molecule has 1 heterocycles. The molecule has 0 saturated carbocycles. The van der Waals surface area contributed by atoms with Gasteiger partial charge in [0, 0.05) is 6.54 Å². The summed E-state index contributed by atoms with van der Waals surface area (Å²) >= 11 is 3.33. The van der Waals surface area contributed by atoms with Crippen LogP contribution in [0.5, 0.6) is 5.75 Å². The number of halogens is 1. The molecule has 2 aromatic rings. The van der Waals surface area contributed by atoms with E-state index < -0.39 is 5.97 Å². The number of imidazole rings is 1. The molecule has 17 heavy (non-hydrogen) atoms. The molecule has 0 unspecified atom stereocenters. The molecule has 0 amide bonds. The number of rotatable bonds is 4. The average Bonchev–Trinajstić information content (AvgIpc) is 2.62. The van der Waals surface area contributed by atoms with E-state index in [1.54, 1.807) is 7.11 Å². The van der Waals surface area contributed by atoms with Crippen molar-refractivity contribution in [2.75, 3.05) is 7.11 Å². The van der Waals surface area contributed by atoms with Gasteiger partial charge in [0.1, 0.15) is 11.3 Å². The summed E-state index contributed by atoms with van der Waals surface area (Å²) in [5.74, 6) is -0.154. The topological polar surface area (TPSA) is 64.4 Å². The maximum absolute atomic E-state index is 10.6. The first-order valence-corrected chi connectivity index (χ1v) is 5.83. The third-order valence-electron chi connectivity index (χ3n) is 2.46. The van der Waals surface area contributed by atoms with Crippen LogP contribution in [0.1, 0.15) is 6.42 Å². The van der Waals surface area contributed by atoms with Crippen LogP contribution < -0.4 is 4.74 Å². The third kappa shape index (κ3) is 2.26. The zero-order valence-electron chi connectivity index (χ0n) is 9.18. The van der Waals surface area contributed by atoms with Gasteiger partial charge in [0.25, 0.3) is 0 Å². The number of hydrogen-bond donors (Lipinski definition) is 1. The normalized spacial score (nSPS) is 10.7. The number of nitrogens with zero attached hydrogens (tertiary/aromatic N) is 2. The number of carboxylic acids is 1. The molecule has 0 aliphatic rings. The molecule has 0 fully saturated rings. The van der Waals surface area contributed by atoms with Crippen LogP contribution in [-0.2, 0) is 11.3 Å². The predicted molar refractivity (Wildman–Crippen MR) is 66.2 cm³/mol. The lowest BCUT2D eigenvalue weighted by Crippen LogP contribution is -2.04. The van der Waals surface area contributed by atoms with Gasteiger partial charge >= 0.3 is 5.97 Å². The summed E-state index contributed by atoms with van der Waals surface area (Å²) in [7, 11) is 1.58. The summed E-state index contributed by atoms with van der Waals surface area (Å²) in [4.78, 5) is 14.9. The highest BCUT2D eigenvalue weighted by Crippen LogP contribution is 2.27. The van der Waals surface area contributed by atoms with Gasteiger partial charge in [0.2, 0.25) is 0 Å². The van der Waals surface area contributed by atoms with Gasteiger partial charge < -0.3 is 14.4 Å². The largest absolute Gasteiger partial charge is 0.494 e. The number of aromatic nitrogens is 2. The zero-order chi connectivity index (χ0) is 12.4. The third-order valence-corrected chi connectivity index (χ3v) is 3.07. The highest BCUT2D eigenvalue weighted by atomic mass is 79.9. The summed E-state index contributed by atoms with van der Waals surface area (Å²) in [6.07, 6.45) is 0.0568. The van der Waals surface area contributed by atoms with Gasteiger partial charge in [-0.1, -0.05) is 6.07 Å². The number of fused-ring (bicyclic) bond motifs is 1. The van der Waals surface area contributed by atoms with E-state index in [2.05, 4.69) is 20.9 Å². The van der Waals surface area contributed by atoms with Crippen molar-refractivity contribution < 1.29 is 14.6 Å². The lowest BCUT2D eigenvalue weighted by Gasteiger charge is -2.04. The van der Waals surface area contributed by atoms with Crippen molar-refractivity contribution in [3.05, 3.63) is 22.9 Å². The molecule has 2 rings (SSSR count). The molecule has 0 spiro atoms. The van der Waals surface area contributed by atoms with Gasteiger partial charge in [0.15, 0.2) is 4.73 Å². The standard InChI is InChI=1S/C11H11BrN2O3/c1-17-8-4-2-3-7-10(8)13-11(12)14(7)6-5-9(15)16/h2-4H,5-6H2,1H3,(H,15,16). The second-order valence-electron chi connectivity index (χ2n) is 3.50. The minimum absolute atomic E-state index is 0.0568. The van der Waals surface area contributed by atoms with Crippen molar-refractivity contribution in [3.8, 4) is 5.75 Å². The molecule has 0 bridgehead atoms. The Kier molecular flexibility index (Phi) is 3.33. The molecule has 1 aromatic heterocycles. The van der Waals surface area contributed by atoms with Gasteiger partial charge in [-0.05, 0) is 28.1 Å². The minimum atomic E-state index is -0.832. The smallest absolute Gasteiger partial charge is 0.305 e. The van der Waals surface area contributed by atoms with Gasteiger partial charge in [-0.3, -0.25) is 4.79 Å². The summed E-state index contributed by atoms with van der Waals surface area (Å²) < 4.78 is 7.63. The fraction of sp³-hybridized carbons (Fsp3) is 0.273. The monoisotopic (exact) mass is 298 g/mol. The number of methoxy groups -OCH3 is 1. The highest BCUT2D eigenvalue weighted by molar-refractivity contribution is 9.10. The van der Waals surface area contributed by atoms with E-state index in [-0.39, 0.29) is 6.42 Å². The van der Waals surface area contributed by atoms with Crippen LogP contribution in [0, 0.1) is 0 Å². The van der Waals surface area contributed by atoms with Crippen LogP contribution in [0.3, 0.4) is 0 Å². The second kappa shape index (κ2) is 4.75. The Labute approximate surface area is 106 Å². The Hall–Kier alpha value is -1.56. The average molecular weight is 299 g/mol. The molecular weight excluding hydrogens is 288 g/mol. The molecule has 5 nitrogen and oxygen atoms in total. The zero-order valence-corrected chi connectivity index (χ0v) is 10.8. The number of aryl methyl sites for hydroxylation is 1. The second-order valence-corrected chi connectivity index (χ2v) is 4.21. The molecule has 0 aliphatic carbocycles. The van der Waals surface area contributed by atoms with Gasteiger partial charge in [0.05, 0.1) is 19.0 Å². The number of hydrogen-bond acceptors (Lipinski definition) is 3. The molecule has 1 N–H and O–H groups in total. The fourth-order valence-corrected chi connectivity index (χ4v) is 2.22. The molecule has 0 radical (unpaired) electrons. The Bertz CT molecular complexity index is 565. The number of carbonyl (C=O) groups is 1. The van der Waals surface area contributed by atoms with Gasteiger partial charge in [-0.25, -0.2) is 4.98 Å². The Morgan fingerprint density at radius 3 is 3.00 bits per heavy atom. The van der Waals surface area contributed by atoms with E-state index in [1.165, 1.54) is 0 Å². The van der Waals surface area contributed by atoms with Crippen molar-refractivity contribution in [2.24, 2.45) is 0 Å². The van der Waals surface area contributed by atoms with E-state index in [9.17, 15) is 4.79 Å². The number of ether oxygens (including phenoxy) is 1. The van der Waals surface area contributed by atoms with Crippen LogP contribution >= 0.6 is 15.9 Å². The van der Waals surface area contributed by atoms with E-state index in [4.69, 9.17) is 9.84 Å². The lowest BCUT2D eigenvalue weighted by atomic mass is 10.3. The molecule has 0 aliphatic heterocycles. The van der Waals surface area contributed by atoms with Crippen LogP contribution in [0.15, 0.2) is 22.9 Å².